The molecule has 0 atom stereocenters. The summed E-state index contributed by atoms with van der Waals surface area (Å²) in [6, 6.07) is 8.44. The first-order valence-corrected chi connectivity index (χ1v) is 5.93. The van der Waals surface area contributed by atoms with Crippen molar-refractivity contribution in [2.45, 2.75) is 0 Å². The molecule has 0 saturated heterocycles. The van der Waals surface area contributed by atoms with E-state index in [1.54, 1.807) is 13.3 Å². The molecule has 0 bridgehead atoms. The van der Waals surface area contributed by atoms with Gasteiger partial charge in [-0.25, -0.2) is 0 Å². The first-order valence-electron chi connectivity index (χ1n) is 5.93. The van der Waals surface area contributed by atoms with Crippen LogP contribution in [0.25, 0.3) is 6.08 Å². The van der Waals surface area contributed by atoms with Crippen molar-refractivity contribution < 1.29 is 0 Å². The molecule has 0 N–H and O–H groups in total. The van der Waals surface area contributed by atoms with Gasteiger partial charge in [-0.3, -0.25) is 4.99 Å². The van der Waals surface area contributed by atoms with Crippen molar-refractivity contribution in [1.82, 2.24) is 0 Å². The minimum Gasteiger partial charge on any atom is -0.378 e. The fourth-order valence-corrected chi connectivity index (χ4v) is 1.38. The van der Waals surface area contributed by atoms with Crippen LogP contribution in [0.4, 0.5) is 5.69 Å². The van der Waals surface area contributed by atoms with Gasteiger partial charge in [0.05, 0.1) is 0 Å². The van der Waals surface area contributed by atoms with Gasteiger partial charge in [-0.2, -0.15) is 0 Å². The van der Waals surface area contributed by atoms with Gasteiger partial charge in [-0.15, -0.1) is 0 Å². The molecule has 0 saturated carbocycles. The van der Waals surface area contributed by atoms with Crippen molar-refractivity contribution in [2.75, 3.05) is 26.0 Å². The van der Waals surface area contributed by atoms with Gasteiger partial charge < -0.3 is 4.90 Å². The highest BCUT2D eigenvalue weighted by Crippen LogP contribution is 2.12. The molecule has 0 spiro atoms. The van der Waals surface area contributed by atoms with Crippen LogP contribution in [-0.4, -0.2) is 27.4 Å². The van der Waals surface area contributed by atoms with Crippen LogP contribution in [0.1, 0.15) is 5.56 Å². The fourth-order valence-electron chi connectivity index (χ4n) is 1.38. The predicted molar refractivity (Wildman–Crippen MR) is 82.5 cm³/mol. The Kier molecular flexibility index (Phi) is 6.26. The Morgan fingerprint density at radius 1 is 0.889 bits per heavy atom. The lowest BCUT2D eigenvalue weighted by atomic mass is 10.2. The summed E-state index contributed by atoms with van der Waals surface area (Å²) in [4.78, 5) is 5.95. The lowest BCUT2D eigenvalue weighted by Crippen LogP contribution is -2.07. The normalized spacial score (nSPS) is 12.4. The zero-order chi connectivity index (χ0) is 13.2. The summed E-state index contributed by atoms with van der Waals surface area (Å²) >= 11 is 0. The van der Waals surface area contributed by atoms with Crippen LogP contribution < -0.4 is 4.90 Å². The molecule has 0 fully saturated rings. The fraction of sp³-hybridized carbons (Fsp3) is 0.188. The van der Waals surface area contributed by atoms with Crippen LogP contribution in [0.5, 0.6) is 0 Å². The smallest absolute Gasteiger partial charge is 0.0361 e. The number of anilines is 1. The van der Waals surface area contributed by atoms with Crippen molar-refractivity contribution in [3.8, 4) is 0 Å². The van der Waals surface area contributed by atoms with Gasteiger partial charge in [0.2, 0.25) is 0 Å². The minimum atomic E-state index is 1.20. The lowest BCUT2D eigenvalue weighted by Gasteiger charge is -2.11. The molecule has 18 heavy (non-hydrogen) atoms. The molecule has 94 valence electrons. The number of aliphatic imine (C=N–C) groups is 1. The highest BCUT2D eigenvalue weighted by molar-refractivity contribution is 5.71. The summed E-state index contributed by atoms with van der Waals surface area (Å²) < 4.78 is 0. The number of hydrogen-bond donors (Lipinski definition) is 0. The first kappa shape index (κ1) is 14.0. The van der Waals surface area contributed by atoms with Crippen molar-refractivity contribution in [1.29, 1.82) is 0 Å². The van der Waals surface area contributed by atoms with E-state index >= 15 is 0 Å². The minimum absolute atomic E-state index is 1.20. The maximum absolute atomic E-state index is 3.86. The van der Waals surface area contributed by atoms with Gasteiger partial charge in [-0.1, -0.05) is 42.5 Å². The summed E-state index contributed by atoms with van der Waals surface area (Å²) in [5.74, 6) is 0. The summed E-state index contributed by atoms with van der Waals surface area (Å²) in [6.45, 7) is 0. The second-order valence-corrected chi connectivity index (χ2v) is 4.02. The standard InChI is InChI=1S/C16H20N2/c1-17-14-8-6-4-5-7-9-15-10-12-16(13-11-15)18(2)3/h4-14H,1-3H3/b5-4+,8-6-,9-7+,17-14+. The number of allylic oxidation sites excluding steroid dienone is 5. The Morgan fingerprint density at radius 3 is 2.11 bits per heavy atom. The van der Waals surface area contributed by atoms with E-state index in [2.05, 4.69) is 40.2 Å². The van der Waals surface area contributed by atoms with E-state index in [9.17, 15) is 0 Å². The molecule has 1 rings (SSSR count). The molecule has 0 amide bonds. The summed E-state index contributed by atoms with van der Waals surface area (Å²) in [5, 5.41) is 0. The van der Waals surface area contributed by atoms with Crippen LogP contribution in [0, 0.1) is 0 Å². The third-order valence-electron chi connectivity index (χ3n) is 2.38. The monoisotopic (exact) mass is 240 g/mol. The molecule has 1 aromatic carbocycles. The van der Waals surface area contributed by atoms with Crippen LogP contribution in [0.2, 0.25) is 0 Å². The van der Waals surface area contributed by atoms with E-state index in [4.69, 9.17) is 0 Å². The van der Waals surface area contributed by atoms with Crippen molar-refractivity contribution in [3.05, 3.63) is 60.2 Å². The van der Waals surface area contributed by atoms with E-state index < -0.39 is 0 Å². The second kappa shape index (κ2) is 8.07. The van der Waals surface area contributed by atoms with E-state index in [1.165, 1.54) is 11.3 Å². The van der Waals surface area contributed by atoms with Crippen LogP contribution in [0.3, 0.4) is 0 Å². The third-order valence-corrected chi connectivity index (χ3v) is 2.38. The average Bonchev–Trinajstić information content (AvgIpc) is 2.38. The summed E-state index contributed by atoms with van der Waals surface area (Å²) in [5.41, 5.74) is 2.41. The third kappa shape index (κ3) is 5.30. The first-order chi connectivity index (χ1) is 8.74. The lowest BCUT2D eigenvalue weighted by molar-refractivity contribution is 1.13. The van der Waals surface area contributed by atoms with Crippen LogP contribution in [-0.2, 0) is 0 Å². The molecule has 0 radical (unpaired) electrons. The molecule has 0 aliphatic carbocycles. The number of hydrogen-bond acceptors (Lipinski definition) is 2. The summed E-state index contributed by atoms with van der Waals surface area (Å²) in [6.07, 6.45) is 13.7. The quantitative estimate of drug-likeness (QED) is 0.567. The summed E-state index contributed by atoms with van der Waals surface area (Å²) in [7, 11) is 5.84. The Morgan fingerprint density at radius 2 is 1.50 bits per heavy atom. The zero-order valence-electron chi connectivity index (χ0n) is 11.2. The van der Waals surface area contributed by atoms with Crippen LogP contribution in [0.15, 0.2) is 59.6 Å². The molecule has 2 nitrogen and oxygen atoms in total. The molecule has 0 aliphatic heterocycles. The van der Waals surface area contributed by atoms with E-state index in [0.717, 1.165) is 0 Å². The number of benzene rings is 1. The van der Waals surface area contributed by atoms with E-state index in [-0.39, 0.29) is 0 Å². The number of nitrogens with zero attached hydrogens (tertiary/aromatic N) is 2. The molecule has 0 aromatic heterocycles. The maximum atomic E-state index is 3.86. The van der Waals surface area contributed by atoms with Crippen LogP contribution >= 0.6 is 0 Å². The predicted octanol–water partition coefficient (Wildman–Crippen LogP) is 3.58. The molecular formula is C16H20N2. The van der Waals surface area contributed by atoms with Gasteiger partial charge in [0.25, 0.3) is 0 Å². The van der Waals surface area contributed by atoms with Gasteiger partial charge >= 0.3 is 0 Å². The molecule has 0 aliphatic rings. The van der Waals surface area contributed by atoms with Gasteiger partial charge in [0.1, 0.15) is 0 Å². The van der Waals surface area contributed by atoms with Gasteiger partial charge in [0, 0.05) is 33.0 Å². The molecule has 0 heterocycles. The Labute approximate surface area is 110 Å². The van der Waals surface area contributed by atoms with E-state index in [0.29, 0.717) is 0 Å². The largest absolute Gasteiger partial charge is 0.378 e. The molecule has 1 aromatic rings. The SMILES string of the molecule is C/N=C/C=C\C=C\C=C\c1ccc(N(C)C)cc1. The zero-order valence-corrected chi connectivity index (χ0v) is 11.2. The molecular weight excluding hydrogens is 220 g/mol. The van der Waals surface area contributed by atoms with Crippen molar-refractivity contribution in [2.24, 2.45) is 4.99 Å². The molecule has 2 heteroatoms. The van der Waals surface area contributed by atoms with Crippen molar-refractivity contribution >= 4 is 18.0 Å². The highest BCUT2D eigenvalue weighted by atomic mass is 15.1. The second-order valence-electron chi connectivity index (χ2n) is 4.02. The Balaban J connectivity index is 2.52. The van der Waals surface area contributed by atoms with Crippen molar-refractivity contribution in [3.63, 3.8) is 0 Å². The topological polar surface area (TPSA) is 15.6 Å². The van der Waals surface area contributed by atoms with Gasteiger partial charge in [-0.05, 0) is 23.8 Å². The Bertz CT molecular complexity index is 448. The number of rotatable bonds is 5. The van der Waals surface area contributed by atoms with Gasteiger partial charge in [0.15, 0.2) is 0 Å². The molecule has 0 unspecified atom stereocenters. The average molecular weight is 240 g/mol. The maximum Gasteiger partial charge on any atom is 0.0361 e. The van der Waals surface area contributed by atoms with E-state index in [1.807, 2.05) is 44.5 Å². The highest BCUT2D eigenvalue weighted by Gasteiger charge is 1.92. The Hall–Kier alpha value is -2.09.